The van der Waals surface area contributed by atoms with E-state index in [0.717, 1.165) is 24.6 Å². The van der Waals surface area contributed by atoms with Crippen molar-refractivity contribution < 1.29 is 42.8 Å². The normalized spacial score (nSPS) is 28.5. The van der Waals surface area contributed by atoms with Crippen molar-refractivity contribution in [2.75, 3.05) is 26.8 Å². The number of oxime groups is 1. The Hall–Kier alpha value is -3.20. The summed E-state index contributed by atoms with van der Waals surface area (Å²) < 4.78 is 46.9. The maximum atomic E-state index is 14.4. The Morgan fingerprint density at radius 1 is 1.19 bits per heavy atom. The van der Waals surface area contributed by atoms with Crippen molar-refractivity contribution in [3.05, 3.63) is 36.0 Å². The Bertz CT molecular complexity index is 1310. The second-order valence-corrected chi connectivity index (χ2v) is 12.3. The maximum Gasteiger partial charge on any atom is 0.410 e. The van der Waals surface area contributed by atoms with Crippen LogP contribution in [0, 0.1) is 17.6 Å². The third-order valence-electron chi connectivity index (χ3n) is 8.15. The molecule has 3 aliphatic rings. The number of carbonyl (C=O) groups excluding carboxylic acids is 1. The number of nitrogens with zero attached hydrogens (tertiary/aromatic N) is 5. The SMILES string of the molecule is CO[C@@H]1[C@@H](n2cc(-c3cccc(F)c3F)nn2)[C@@H](O)[C@@H](CO)O[C@@H]1CC1CC(C2CCN(C(=O)OC(C)(C)C)CC2)=NO1. The van der Waals surface area contributed by atoms with Crippen molar-refractivity contribution in [3.8, 4) is 11.3 Å². The predicted molar refractivity (Wildman–Crippen MR) is 149 cm³/mol. The van der Waals surface area contributed by atoms with Crippen molar-refractivity contribution in [1.29, 1.82) is 0 Å². The molecule has 4 heterocycles. The Kier molecular flexibility index (Phi) is 9.30. The fourth-order valence-electron chi connectivity index (χ4n) is 6.00. The van der Waals surface area contributed by atoms with Crippen LogP contribution in [0.3, 0.4) is 0 Å². The molecule has 43 heavy (non-hydrogen) atoms. The highest BCUT2D eigenvalue weighted by atomic mass is 19.2. The Morgan fingerprint density at radius 2 is 1.93 bits per heavy atom. The van der Waals surface area contributed by atoms with Gasteiger partial charge >= 0.3 is 6.09 Å². The first kappa shape index (κ1) is 31.2. The second kappa shape index (κ2) is 12.8. The number of carbonyl (C=O) groups is 1. The zero-order valence-electron chi connectivity index (χ0n) is 24.7. The molecule has 0 bridgehead atoms. The maximum absolute atomic E-state index is 14.4. The molecule has 1 aromatic carbocycles. The molecule has 236 valence electrons. The fourth-order valence-corrected chi connectivity index (χ4v) is 6.00. The minimum atomic E-state index is -1.23. The van der Waals surface area contributed by atoms with Gasteiger partial charge in [-0.2, -0.15) is 0 Å². The van der Waals surface area contributed by atoms with Crippen LogP contribution in [0.25, 0.3) is 11.3 Å². The molecule has 2 aromatic rings. The number of rotatable bonds is 7. The molecule has 0 spiro atoms. The van der Waals surface area contributed by atoms with Gasteiger partial charge in [-0.25, -0.2) is 18.3 Å². The Balaban J connectivity index is 1.24. The summed E-state index contributed by atoms with van der Waals surface area (Å²) in [7, 11) is 1.47. The van der Waals surface area contributed by atoms with Crippen LogP contribution >= 0.6 is 0 Å². The molecular formula is C29H39F2N5O7. The van der Waals surface area contributed by atoms with E-state index in [2.05, 4.69) is 15.5 Å². The Morgan fingerprint density at radius 3 is 2.60 bits per heavy atom. The first-order chi connectivity index (χ1) is 20.5. The van der Waals surface area contributed by atoms with Crippen molar-refractivity contribution in [1.82, 2.24) is 19.9 Å². The molecule has 5 rings (SSSR count). The van der Waals surface area contributed by atoms with Crippen LogP contribution in [0.4, 0.5) is 13.6 Å². The van der Waals surface area contributed by atoms with Crippen LogP contribution < -0.4 is 0 Å². The van der Waals surface area contributed by atoms with E-state index < -0.39 is 54.3 Å². The summed E-state index contributed by atoms with van der Waals surface area (Å²) in [5, 5.41) is 33.5. The number of ether oxygens (including phenoxy) is 3. The van der Waals surface area contributed by atoms with Crippen LogP contribution in [0.5, 0.6) is 0 Å². The van der Waals surface area contributed by atoms with E-state index in [0.29, 0.717) is 25.9 Å². The largest absolute Gasteiger partial charge is 0.444 e. The number of aliphatic hydroxyl groups is 2. The summed E-state index contributed by atoms with van der Waals surface area (Å²) in [4.78, 5) is 19.9. The molecule has 2 N–H and O–H groups in total. The lowest BCUT2D eigenvalue weighted by atomic mass is 9.86. The first-order valence-corrected chi connectivity index (χ1v) is 14.5. The smallest absolute Gasteiger partial charge is 0.410 e. The number of hydrogen-bond donors (Lipinski definition) is 2. The van der Waals surface area contributed by atoms with Gasteiger partial charge in [-0.15, -0.1) is 5.10 Å². The molecule has 14 heteroatoms. The van der Waals surface area contributed by atoms with Crippen molar-refractivity contribution in [2.45, 2.75) is 88.6 Å². The van der Waals surface area contributed by atoms with Gasteiger partial charge in [0.15, 0.2) is 11.6 Å². The number of methoxy groups -OCH3 is 1. The summed E-state index contributed by atoms with van der Waals surface area (Å²) in [6.07, 6.45) is -0.384. The second-order valence-electron chi connectivity index (χ2n) is 12.3. The highest BCUT2D eigenvalue weighted by Gasteiger charge is 2.48. The van der Waals surface area contributed by atoms with E-state index in [1.165, 1.54) is 30.1 Å². The predicted octanol–water partition coefficient (Wildman–Crippen LogP) is 3.08. The number of halogens is 2. The average molecular weight is 608 g/mol. The zero-order valence-corrected chi connectivity index (χ0v) is 24.7. The van der Waals surface area contributed by atoms with E-state index >= 15 is 0 Å². The number of benzene rings is 1. The number of aromatic nitrogens is 3. The summed E-state index contributed by atoms with van der Waals surface area (Å²) in [6.45, 7) is 6.20. The van der Waals surface area contributed by atoms with Crippen LogP contribution in [0.1, 0.15) is 52.5 Å². The molecule has 2 fully saturated rings. The topological polar surface area (TPSA) is 141 Å². The summed E-state index contributed by atoms with van der Waals surface area (Å²) in [5.74, 6) is -1.90. The quantitative estimate of drug-likeness (QED) is 0.486. The monoisotopic (exact) mass is 607 g/mol. The summed E-state index contributed by atoms with van der Waals surface area (Å²) >= 11 is 0. The van der Waals surface area contributed by atoms with E-state index in [-0.39, 0.29) is 29.4 Å². The van der Waals surface area contributed by atoms with E-state index in [9.17, 15) is 23.8 Å². The molecule has 12 nitrogen and oxygen atoms in total. The van der Waals surface area contributed by atoms with Crippen LogP contribution in [-0.2, 0) is 19.0 Å². The van der Waals surface area contributed by atoms with Crippen molar-refractivity contribution >= 4 is 11.8 Å². The van der Waals surface area contributed by atoms with Crippen molar-refractivity contribution in [2.24, 2.45) is 11.1 Å². The summed E-state index contributed by atoms with van der Waals surface area (Å²) in [6, 6.07) is 2.92. The summed E-state index contributed by atoms with van der Waals surface area (Å²) in [5.41, 5.74) is 0.383. The first-order valence-electron chi connectivity index (χ1n) is 14.5. The van der Waals surface area contributed by atoms with Gasteiger partial charge in [0.25, 0.3) is 0 Å². The highest BCUT2D eigenvalue weighted by molar-refractivity contribution is 5.88. The molecule has 0 radical (unpaired) electrons. The van der Waals surface area contributed by atoms with Crippen LogP contribution in [-0.4, -0.2) is 105 Å². The van der Waals surface area contributed by atoms with E-state index in [1.807, 2.05) is 20.8 Å². The Labute approximate surface area is 248 Å². The third-order valence-corrected chi connectivity index (χ3v) is 8.15. The van der Waals surface area contributed by atoms with Gasteiger partial charge in [0, 0.05) is 44.5 Å². The molecule has 6 atom stereocenters. The number of amides is 1. The molecule has 1 unspecified atom stereocenters. The van der Waals surface area contributed by atoms with Gasteiger partial charge in [0.1, 0.15) is 41.8 Å². The molecule has 3 aliphatic heterocycles. The molecule has 1 aromatic heterocycles. The average Bonchev–Trinajstić information content (AvgIpc) is 3.64. The minimum absolute atomic E-state index is 0.0713. The number of hydrogen-bond acceptors (Lipinski definition) is 10. The molecule has 0 aliphatic carbocycles. The van der Waals surface area contributed by atoms with Crippen molar-refractivity contribution in [3.63, 3.8) is 0 Å². The van der Waals surface area contributed by atoms with E-state index in [4.69, 9.17) is 19.0 Å². The van der Waals surface area contributed by atoms with Gasteiger partial charge in [-0.3, -0.25) is 0 Å². The molecular weight excluding hydrogens is 568 g/mol. The van der Waals surface area contributed by atoms with Gasteiger partial charge in [-0.1, -0.05) is 16.4 Å². The number of likely N-dealkylation sites (tertiary alicyclic amines) is 1. The number of piperidine rings is 1. The van der Waals surface area contributed by atoms with Gasteiger partial charge in [-0.05, 0) is 45.7 Å². The lowest BCUT2D eigenvalue weighted by Crippen LogP contribution is -2.57. The van der Waals surface area contributed by atoms with Crippen LogP contribution in [0.15, 0.2) is 29.6 Å². The van der Waals surface area contributed by atoms with Gasteiger partial charge < -0.3 is 34.2 Å². The lowest BCUT2D eigenvalue weighted by molar-refractivity contribution is -0.219. The molecule has 1 amide bonds. The third kappa shape index (κ3) is 6.82. The lowest BCUT2D eigenvalue weighted by Gasteiger charge is -2.44. The standard InChI is InChI=1S/C29H39F2N5O7/c1-29(2,3)42-28(39)35-10-8-16(9-11-35)20-12-17(43-33-20)13-22-27(40-4)25(26(38)23(15-37)41-22)36-14-21(32-34-36)18-6-5-7-19(30)24(18)31/h5-7,14,16-17,22-23,25-27,37-38H,8-13,15H2,1-4H3/t17?,22-,23-,25+,26+,27+/m1/s1. The molecule has 0 saturated carbocycles. The van der Waals surface area contributed by atoms with Gasteiger partial charge in [0.2, 0.25) is 0 Å². The minimum Gasteiger partial charge on any atom is -0.444 e. The number of aliphatic hydroxyl groups excluding tert-OH is 2. The fraction of sp³-hybridized carbons (Fsp3) is 0.655. The van der Waals surface area contributed by atoms with Gasteiger partial charge in [0.05, 0.1) is 24.6 Å². The molecule has 2 saturated heterocycles. The van der Waals surface area contributed by atoms with E-state index in [1.54, 1.807) is 4.90 Å². The zero-order chi connectivity index (χ0) is 30.9. The van der Waals surface area contributed by atoms with Crippen LogP contribution in [0.2, 0.25) is 0 Å². The highest BCUT2D eigenvalue weighted by Crippen LogP contribution is 2.36.